The van der Waals surface area contributed by atoms with E-state index < -0.39 is 0 Å². The third kappa shape index (κ3) is 6.02. The number of carbonyl (C=O) groups excluding carboxylic acids is 1. The molecule has 144 valence electrons. The monoisotopic (exact) mass is 450 g/mol. The normalized spacial score (nSPS) is 10.4. The molecule has 27 heavy (non-hydrogen) atoms. The highest BCUT2D eigenvalue weighted by atomic mass is 79.9. The van der Waals surface area contributed by atoms with Gasteiger partial charge in [-0.05, 0) is 61.8 Å². The Hall–Kier alpha value is -1.96. The quantitative estimate of drug-likeness (QED) is 0.491. The Labute approximate surface area is 173 Å². The zero-order valence-electron chi connectivity index (χ0n) is 15.4. The maximum atomic E-state index is 12.6. The number of nitrogens with zero attached hydrogens (tertiary/aromatic N) is 1. The average molecular weight is 451 g/mol. The highest BCUT2D eigenvalue weighted by Crippen LogP contribution is 2.22. The Morgan fingerprint density at radius 3 is 2.70 bits per heavy atom. The van der Waals surface area contributed by atoms with Crippen LogP contribution < -0.4 is 15.0 Å². The Bertz CT molecular complexity index is 814. The number of unbranched alkanes of at least 4 members (excludes halogenated alkanes) is 1. The van der Waals surface area contributed by atoms with E-state index in [0.717, 1.165) is 22.1 Å². The first kappa shape index (κ1) is 21.3. The fourth-order valence-electron chi connectivity index (χ4n) is 2.48. The minimum absolute atomic E-state index is 0.114. The number of methoxy groups -OCH3 is 1. The maximum absolute atomic E-state index is 12.6. The second kappa shape index (κ2) is 10.4. The molecule has 0 aliphatic rings. The van der Waals surface area contributed by atoms with Gasteiger partial charge < -0.3 is 14.7 Å². The van der Waals surface area contributed by atoms with Crippen LogP contribution in [0.3, 0.4) is 0 Å². The van der Waals surface area contributed by atoms with Gasteiger partial charge in [0.05, 0.1) is 7.11 Å². The van der Waals surface area contributed by atoms with Gasteiger partial charge in [-0.1, -0.05) is 28.1 Å². The van der Waals surface area contributed by atoms with Crippen molar-refractivity contribution in [3.8, 4) is 5.75 Å². The molecular formula is C20H23BrN2O3S. The standard InChI is InChI=1S/C20H23BrN2O3S/c1-14-8-9-15(12-18(14)21)19(25)22-20(27)23(10-3-4-11-24)16-6-5-7-17(13-16)26-2/h5-9,12-13,24H,3-4,10-11H2,1-2H3,(H,22,25,27). The van der Waals surface area contributed by atoms with Crippen LogP contribution >= 0.6 is 28.1 Å². The molecule has 2 aromatic carbocycles. The van der Waals surface area contributed by atoms with Crippen molar-refractivity contribution in [1.82, 2.24) is 5.32 Å². The smallest absolute Gasteiger partial charge is 0.257 e. The van der Waals surface area contributed by atoms with E-state index in [0.29, 0.717) is 29.4 Å². The number of hydrogen-bond donors (Lipinski definition) is 2. The molecule has 0 bridgehead atoms. The van der Waals surface area contributed by atoms with E-state index >= 15 is 0 Å². The minimum Gasteiger partial charge on any atom is -0.497 e. The summed E-state index contributed by atoms with van der Waals surface area (Å²) in [6.45, 7) is 2.65. The van der Waals surface area contributed by atoms with Gasteiger partial charge >= 0.3 is 0 Å². The summed E-state index contributed by atoms with van der Waals surface area (Å²) in [5.41, 5.74) is 2.40. The number of rotatable bonds is 7. The van der Waals surface area contributed by atoms with Gasteiger partial charge in [-0.15, -0.1) is 0 Å². The first-order chi connectivity index (χ1) is 13.0. The number of hydrogen-bond acceptors (Lipinski definition) is 4. The van der Waals surface area contributed by atoms with E-state index in [1.807, 2.05) is 42.2 Å². The number of anilines is 1. The third-order valence-electron chi connectivity index (χ3n) is 4.05. The van der Waals surface area contributed by atoms with E-state index in [1.54, 1.807) is 19.2 Å². The second-order valence-corrected chi connectivity index (χ2v) is 7.25. The average Bonchev–Trinajstić information content (AvgIpc) is 2.67. The van der Waals surface area contributed by atoms with Gasteiger partial charge in [-0.2, -0.15) is 0 Å². The molecule has 0 atom stereocenters. The number of nitrogens with one attached hydrogen (secondary N) is 1. The molecule has 0 aliphatic heterocycles. The lowest BCUT2D eigenvalue weighted by Gasteiger charge is -2.26. The predicted molar refractivity (Wildman–Crippen MR) is 116 cm³/mol. The Balaban J connectivity index is 2.19. The van der Waals surface area contributed by atoms with Gasteiger partial charge in [0, 0.05) is 34.9 Å². The first-order valence-electron chi connectivity index (χ1n) is 8.60. The summed E-state index contributed by atoms with van der Waals surface area (Å²) >= 11 is 8.94. The summed E-state index contributed by atoms with van der Waals surface area (Å²) in [6, 6.07) is 12.9. The molecule has 2 N–H and O–H groups in total. The van der Waals surface area contributed by atoms with E-state index in [-0.39, 0.29) is 12.5 Å². The molecule has 2 rings (SSSR count). The number of amides is 1. The third-order valence-corrected chi connectivity index (χ3v) is 5.23. The number of ether oxygens (including phenoxy) is 1. The highest BCUT2D eigenvalue weighted by molar-refractivity contribution is 9.10. The van der Waals surface area contributed by atoms with Crippen molar-refractivity contribution in [1.29, 1.82) is 0 Å². The molecule has 0 aliphatic carbocycles. The number of aliphatic hydroxyl groups excluding tert-OH is 1. The summed E-state index contributed by atoms with van der Waals surface area (Å²) in [6.07, 6.45) is 1.39. The second-order valence-electron chi connectivity index (χ2n) is 6.01. The van der Waals surface area contributed by atoms with Crippen molar-refractivity contribution in [2.45, 2.75) is 19.8 Å². The molecule has 2 aromatic rings. The molecule has 0 saturated heterocycles. The molecule has 0 unspecified atom stereocenters. The molecule has 7 heteroatoms. The van der Waals surface area contributed by atoms with Gasteiger partial charge in [0.15, 0.2) is 5.11 Å². The van der Waals surface area contributed by atoms with Gasteiger partial charge in [0.2, 0.25) is 0 Å². The maximum Gasteiger partial charge on any atom is 0.257 e. The van der Waals surface area contributed by atoms with E-state index in [9.17, 15) is 4.79 Å². The van der Waals surface area contributed by atoms with Crippen molar-refractivity contribution in [3.05, 3.63) is 58.1 Å². The molecule has 5 nitrogen and oxygen atoms in total. The predicted octanol–water partition coefficient (Wildman–Crippen LogP) is 4.06. The summed E-state index contributed by atoms with van der Waals surface area (Å²) in [4.78, 5) is 14.4. The van der Waals surface area contributed by atoms with Gasteiger partial charge in [-0.3, -0.25) is 10.1 Å². The zero-order chi connectivity index (χ0) is 19.8. The number of halogens is 1. The van der Waals surface area contributed by atoms with Gasteiger partial charge in [-0.25, -0.2) is 0 Å². The van der Waals surface area contributed by atoms with E-state index in [4.69, 9.17) is 22.1 Å². The fourth-order valence-corrected chi connectivity index (χ4v) is 3.15. The number of benzene rings is 2. The lowest BCUT2D eigenvalue weighted by molar-refractivity contribution is 0.0977. The molecular weight excluding hydrogens is 428 g/mol. The van der Waals surface area contributed by atoms with Crippen LogP contribution in [-0.2, 0) is 0 Å². The van der Waals surface area contributed by atoms with Crippen LogP contribution in [0.15, 0.2) is 46.9 Å². The lowest BCUT2D eigenvalue weighted by Crippen LogP contribution is -2.43. The number of aliphatic hydroxyl groups is 1. The molecule has 0 aromatic heterocycles. The number of carbonyl (C=O) groups is 1. The largest absolute Gasteiger partial charge is 0.497 e. The topological polar surface area (TPSA) is 61.8 Å². The van der Waals surface area contributed by atoms with Crippen LogP contribution in [0, 0.1) is 6.92 Å². The van der Waals surface area contributed by atoms with Gasteiger partial charge in [0.1, 0.15) is 5.75 Å². The molecule has 0 saturated carbocycles. The van der Waals surface area contributed by atoms with Crippen molar-refractivity contribution in [3.63, 3.8) is 0 Å². The van der Waals surface area contributed by atoms with Crippen molar-refractivity contribution in [2.24, 2.45) is 0 Å². The van der Waals surface area contributed by atoms with Crippen molar-refractivity contribution >= 4 is 44.9 Å². The van der Waals surface area contributed by atoms with Crippen LogP contribution in [0.2, 0.25) is 0 Å². The molecule has 0 spiro atoms. The van der Waals surface area contributed by atoms with Crippen molar-refractivity contribution in [2.75, 3.05) is 25.2 Å². The lowest BCUT2D eigenvalue weighted by atomic mass is 10.1. The minimum atomic E-state index is -0.268. The van der Waals surface area contributed by atoms with Crippen LogP contribution in [0.25, 0.3) is 0 Å². The molecule has 0 heterocycles. The van der Waals surface area contributed by atoms with Crippen molar-refractivity contribution < 1.29 is 14.6 Å². The number of thiocarbonyl (C=S) groups is 1. The summed E-state index contributed by atoms with van der Waals surface area (Å²) in [5.74, 6) is 0.437. The SMILES string of the molecule is COc1cccc(N(CCCCO)C(=S)NC(=O)c2ccc(C)c(Br)c2)c1. The van der Waals surface area contributed by atoms with Crippen LogP contribution in [0.5, 0.6) is 5.75 Å². The zero-order valence-corrected chi connectivity index (χ0v) is 17.8. The first-order valence-corrected chi connectivity index (χ1v) is 9.80. The van der Waals surface area contributed by atoms with Crippen LogP contribution in [0.1, 0.15) is 28.8 Å². The van der Waals surface area contributed by atoms with Crippen LogP contribution in [0.4, 0.5) is 5.69 Å². The number of aryl methyl sites for hydroxylation is 1. The Kier molecular flexibility index (Phi) is 8.22. The summed E-state index contributed by atoms with van der Waals surface area (Å²) in [7, 11) is 1.60. The molecule has 0 radical (unpaired) electrons. The Morgan fingerprint density at radius 1 is 1.26 bits per heavy atom. The summed E-state index contributed by atoms with van der Waals surface area (Å²) in [5, 5.41) is 12.2. The molecule has 1 amide bonds. The fraction of sp³-hybridized carbons (Fsp3) is 0.300. The van der Waals surface area contributed by atoms with Crippen LogP contribution in [-0.4, -0.2) is 36.4 Å². The van der Waals surface area contributed by atoms with E-state index in [1.165, 1.54) is 0 Å². The highest BCUT2D eigenvalue weighted by Gasteiger charge is 2.16. The van der Waals surface area contributed by atoms with E-state index in [2.05, 4.69) is 21.2 Å². The Morgan fingerprint density at radius 2 is 2.04 bits per heavy atom. The van der Waals surface area contributed by atoms with Gasteiger partial charge in [0.25, 0.3) is 5.91 Å². The summed E-state index contributed by atoms with van der Waals surface area (Å²) < 4.78 is 6.15. The molecule has 0 fully saturated rings.